The van der Waals surface area contributed by atoms with E-state index in [9.17, 15) is 30.0 Å². The molecule has 0 saturated heterocycles. The van der Waals surface area contributed by atoms with E-state index in [0.29, 0.717) is 69.8 Å². The van der Waals surface area contributed by atoms with E-state index in [1.807, 2.05) is 12.1 Å². The third-order valence-corrected chi connectivity index (χ3v) is 13.5. The molecule has 0 radical (unpaired) electrons. The number of aryl methyl sites for hydroxylation is 1. The van der Waals surface area contributed by atoms with Crippen LogP contribution >= 0.6 is 0 Å². The molecule has 7 atom stereocenters. The third-order valence-electron chi connectivity index (χ3n) is 13.5. The van der Waals surface area contributed by atoms with Crippen LogP contribution in [0.4, 0.5) is 0 Å². The number of hydrogen-bond acceptors (Lipinski definition) is 12. The van der Waals surface area contributed by atoms with E-state index < -0.39 is 36.4 Å². The summed E-state index contributed by atoms with van der Waals surface area (Å²) in [7, 11) is 0. The number of unbranched alkanes of at least 4 members (excludes halogenated alkanes) is 1. The highest BCUT2D eigenvalue weighted by Crippen LogP contribution is 2.62. The minimum atomic E-state index is -1.44. The Kier molecular flexibility index (Phi) is 9.41. The highest BCUT2D eigenvalue weighted by atomic mass is 16.7. The summed E-state index contributed by atoms with van der Waals surface area (Å²) in [5.74, 6) is 0.931. The number of oxime groups is 1. The number of carbonyl (C=O) groups is 2. The first-order valence-corrected chi connectivity index (χ1v) is 20.1. The Labute approximate surface area is 330 Å². The number of aliphatic hydroxyl groups excluding tert-OH is 2. The summed E-state index contributed by atoms with van der Waals surface area (Å²) in [4.78, 5) is 32.1. The lowest BCUT2D eigenvalue weighted by Gasteiger charge is -2.49. The monoisotopic (exact) mass is 776 g/mol. The molecule has 0 bridgehead atoms. The Bertz CT molecular complexity index is 2250. The van der Waals surface area contributed by atoms with Gasteiger partial charge in [-0.2, -0.15) is 0 Å². The fraction of sp³-hybridized carbons (Fsp3) is 0.444. The van der Waals surface area contributed by atoms with E-state index in [1.54, 1.807) is 30.4 Å². The summed E-state index contributed by atoms with van der Waals surface area (Å²) in [5, 5.41) is 50.3. The van der Waals surface area contributed by atoms with Crippen LogP contribution in [0.25, 0.3) is 0 Å². The van der Waals surface area contributed by atoms with Crippen molar-refractivity contribution in [2.75, 3.05) is 13.2 Å². The number of phenols is 2. The summed E-state index contributed by atoms with van der Waals surface area (Å²) in [5.41, 5.74) is 3.66. The molecule has 12 heteroatoms. The van der Waals surface area contributed by atoms with Gasteiger partial charge in [-0.25, -0.2) is 9.59 Å². The van der Waals surface area contributed by atoms with Gasteiger partial charge in [-0.3, -0.25) is 0 Å². The Balaban J connectivity index is 0.908. The number of esters is 2. The number of allylic oxidation sites excluding steroid dienone is 1. The number of rotatable bonds is 9. The molecule has 2 aliphatic heterocycles. The molecule has 2 saturated carbocycles. The number of hydrogen-bond donors (Lipinski definition) is 5. The Morgan fingerprint density at radius 3 is 2.74 bits per heavy atom. The number of aliphatic hydroxyl groups is 2. The van der Waals surface area contributed by atoms with Crippen LogP contribution in [0.5, 0.6) is 28.7 Å². The maximum Gasteiger partial charge on any atom is 0.352 e. The molecule has 2 heterocycles. The first-order chi connectivity index (χ1) is 27.5. The predicted octanol–water partition coefficient (Wildman–Crippen LogP) is 6.32. The minimum absolute atomic E-state index is 0.0221. The van der Waals surface area contributed by atoms with Crippen molar-refractivity contribution in [1.82, 2.24) is 5.32 Å². The minimum Gasteiger partial charge on any atom is -0.508 e. The molecule has 6 aliphatic rings. The molecule has 4 aliphatic carbocycles. The van der Waals surface area contributed by atoms with Gasteiger partial charge in [0.15, 0.2) is 5.60 Å². The maximum atomic E-state index is 13.6. The molecule has 12 nitrogen and oxygen atoms in total. The molecule has 57 heavy (non-hydrogen) atoms. The Morgan fingerprint density at radius 1 is 1.05 bits per heavy atom. The molecule has 298 valence electrons. The summed E-state index contributed by atoms with van der Waals surface area (Å²) in [6.45, 7) is 4.83. The van der Waals surface area contributed by atoms with Gasteiger partial charge in [0.05, 0.1) is 29.1 Å². The van der Waals surface area contributed by atoms with Crippen LogP contribution in [-0.4, -0.2) is 63.4 Å². The van der Waals surface area contributed by atoms with Crippen molar-refractivity contribution in [3.8, 4) is 28.7 Å². The van der Waals surface area contributed by atoms with Gasteiger partial charge < -0.3 is 44.8 Å². The lowest BCUT2D eigenvalue weighted by molar-refractivity contribution is -0.145. The van der Waals surface area contributed by atoms with Gasteiger partial charge in [0, 0.05) is 35.7 Å². The number of nitrogens with one attached hydrogen (secondary N) is 1. The van der Waals surface area contributed by atoms with Gasteiger partial charge in [-0.05, 0) is 128 Å². The summed E-state index contributed by atoms with van der Waals surface area (Å²) >= 11 is 0. The molecule has 1 unspecified atom stereocenters. The number of benzene rings is 3. The third kappa shape index (κ3) is 6.11. The second-order valence-electron chi connectivity index (χ2n) is 16.6. The predicted molar refractivity (Wildman–Crippen MR) is 208 cm³/mol. The summed E-state index contributed by atoms with van der Waals surface area (Å²) in [6.07, 6.45) is 8.30. The molecule has 2 fully saturated rings. The second kappa shape index (κ2) is 14.3. The zero-order valence-corrected chi connectivity index (χ0v) is 32.1. The first kappa shape index (κ1) is 37.4. The average Bonchev–Trinajstić information content (AvgIpc) is 3.61. The van der Waals surface area contributed by atoms with Crippen LogP contribution in [0, 0.1) is 17.3 Å². The zero-order chi connectivity index (χ0) is 39.6. The highest BCUT2D eigenvalue weighted by Gasteiger charge is 2.58. The molecule has 1 spiro atoms. The second-order valence-corrected chi connectivity index (χ2v) is 16.6. The van der Waals surface area contributed by atoms with Crippen molar-refractivity contribution in [3.63, 3.8) is 0 Å². The SMILES string of the molecule is CCCCNCc1c(O)ccc2c1Oc1cc(O)ccc1C21OC(=O)C2=C1CC(=NOCC(=O)Oc1ccc3c(c1)CC[C@@H]1[C@@H]3CC[C@]3(C)[C@@H](O)[C@H](O)C[C@@H]13)C=C2. The van der Waals surface area contributed by atoms with Crippen LogP contribution < -0.4 is 14.8 Å². The van der Waals surface area contributed by atoms with Crippen molar-refractivity contribution in [2.45, 2.75) is 95.5 Å². The molecular formula is C45H48N2O10. The normalized spacial score (nSPS) is 29.8. The molecule has 9 rings (SSSR count). The van der Waals surface area contributed by atoms with Crippen LogP contribution in [0.3, 0.4) is 0 Å². The van der Waals surface area contributed by atoms with Gasteiger partial charge in [0.2, 0.25) is 6.61 Å². The van der Waals surface area contributed by atoms with Crippen LogP contribution in [0.15, 0.2) is 77.0 Å². The van der Waals surface area contributed by atoms with Crippen molar-refractivity contribution in [3.05, 3.63) is 99.6 Å². The van der Waals surface area contributed by atoms with Crippen molar-refractivity contribution >= 4 is 17.7 Å². The van der Waals surface area contributed by atoms with Gasteiger partial charge in [-0.15, -0.1) is 0 Å². The number of phenolic OH excluding ortho intramolecular Hbond substituents is 2. The molecule has 5 N–H and O–H groups in total. The average molecular weight is 777 g/mol. The number of fused-ring (bicyclic) bond motifs is 10. The first-order valence-electron chi connectivity index (χ1n) is 20.1. The summed E-state index contributed by atoms with van der Waals surface area (Å²) in [6, 6.07) is 13.7. The Hall–Kier alpha value is -5.17. The lowest BCUT2D eigenvalue weighted by atomic mass is 9.55. The standard InChI is InChI=1S/C45H48N2O10/c1-3-4-17-46-22-32-37(49)14-13-34-41(32)56-39-20-26(48)7-12-33(39)45(34)36-19-25(6-10-31(36)43(53)57-45)47-54-23-40(51)55-27-8-11-28-24(18-27)5-9-30-29(28)15-16-44(2)35(30)21-38(50)42(44)52/h6-8,10-14,18,20,29-30,35,38,42,46,48-50,52H,3-5,9,15-17,19,21-23H2,1-2H3/t29-,30-,35+,38-,42+,44+,45?/m1/s1. The molecule has 3 aromatic rings. The Morgan fingerprint density at radius 2 is 1.89 bits per heavy atom. The van der Waals surface area contributed by atoms with Crippen molar-refractivity contribution in [2.24, 2.45) is 22.4 Å². The number of aromatic hydroxyl groups is 2. The van der Waals surface area contributed by atoms with E-state index in [1.165, 1.54) is 17.7 Å². The van der Waals surface area contributed by atoms with Gasteiger partial charge in [-0.1, -0.05) is 31.5 Å². The quantitative estimate of drug-likeness (QED) is 0.0712. The number of nitrogens with zero attached hydrogens (tertiary/aromatic N) is 1. The number of ether oxygens (including phenoxy) is 3. The molecule has 0 amide bonds. The number of carbonyl (C=O) groups excluding carboxylic acids is 2. The van der Waals surface area contributed by atoms with Crippen LogP contribution in [0.2, 0.25) is 0 Å². The zero-order valence-electron chi connectivity index (χ0n) is 32.1. The summed E-state index contributed by atoms with van der Waals surface area (Å²) < 4.78 is 18.4. The van der Waals surface area contributed by atoms with E-state index in [4.69, 9.17) is 19.0 Å². The van der Waals surface area contributed by atoms with Crippen LogP contribution in [-0.2, 0) is 37.7 Å². The van der Waals surface area contributed by atoms with Gasteiger partial charge >= 0.3 is 11.9 Å². The highest BCUT2D eigenvalue weighted by molar-refractivity contribution is 6.07. The van der Waals surface area contributed by atoms with Crippen LogP contribution in [0.1, 0.15) is 92.5 Å². The fourth-order valence-corrected chi connectivity index (χ4v) is 10.7. The van der Waals surface area contributed by atoms with Gasteiger partial charge in [0.25, 0.3) is 0 Å². The fourth-order valence-electron chi connectivity index (χ4n) is 10.7. The van der Waals surface area contributed by atoms with Gasteiger partial charge in [0.1, 0.15) is 28.7 Å². The van der Waals surface area contributed by atoms with Crippen molar-refractivity contribution in [1.29, 1.82) is 0 Å². The van der Waals surface area contributed by atoms with E-state index >= 15 is 0 Å². The van der Waals surface area contributed by atoms with E-state index in [-0.39, 0.29) is 35.0 Å². The molecule has 0 aromatic heterocycles. The lowest BCUT2D eigenvalue weighted by Crippen LogP contribution is -2.44. The van der Waals surface area contributed by atoms with Crippen molar-refractivity contribution < 1.29 is 49.1 Å². The maximum absolute atomic E-state index is 13.6. The topological polar surface area (TPSA) is 176 Å². The largest absolute Gasteiger partial charge is 0.508 e. The smallest absolute Gasteiger partial charge is 0.352 e. The molecular weight excluding hydrogens is 728 g/mol. The van der Waals surface area contributed by atoms with E-state index in [2.05, 4.69) is 30.4 Å². The van der Waals surface area contributed by atoms with E-state index in [0.717, 1.165) is 50.6 Å². The molecule has 3 aromatic carbocycles.